The molecular formula is C18H26O3. The number of carboxylic acid groups (broad SMARTS) is 1. The van der Waals surface area contributed by atoms with Crippen molar-refractivity contribution in [2.75, 3.05) is 7.11 Å². The molecule has 116 valence electrons. The maximum absolute atomic E-state index is 11.0. The number of carbonyl (C=O) groups is 1. The number of rotatable bonds is 5. The molecular weight excluding hydrogens is 264 g/mol. The molecule has 0 aromatic heterocycles. The molecule has 1 saturated carbocycles. The molecule has 21 heavy (non-hydrogen) atoms. The highest BCUT2D eigenvalue weighted by atomic mass is 16.5. The standard InChI is InChI=1S/C18H26O3/c1-11(13-10-14(13)17(19)20)8-12-6-7-16(21-5)15(9-12)18(2,3)4/h6-7,9,11,13-14H,8,10H2,1-5H3,(H,19,20). The van der Waals surface area contributed by atoms with Crippen LogP contribution in [0.2, 0.25) is 0 Å². The first-order valence-corrected chi connectivity index (χ1v) is 7.64. The van der Waals surface area contributed by atoms with Gasteiger partial charge < -0.3 is 9.84 Å². The Bertz CT molecular complexity index is 528. The molecule has 2 rings (SSSR count). The number of methoxy groups -OCH3 is 1. The second-order valence-corrected chi connectivity index (χ2v) is 7.31. The number of hydrogen-bond donors (Lipinski definition) is 1. The molecule has 0 amide bonds. The van der Waals surface area contributed by atoms with Gasteiger partial charge in [-0.15, -0.1) is 0 Å². The zero-order valence-electron chi connectivity index (χ0n) is 13.6. The van der Waals surface area contributed by atoms with Crippen LogP contribution in [0.5, 0.6) is 5.75 Å². The van der Waals surface area contributed by atoms with Crippen molar-refractivity contribution in [1.29, 1.82) is 0 Å². The molecule has 0 aliphatic heterocycles. The molecule has 3 nitrogen and oxygen atoms in total. The van der Waals surface area contributed by atoms with Gasteiger partial charge in [-0.3, -0.25) is 4.79 Å². The van der Waals surface area contributed by atoms with E-state index < -0.39 is 5.97 Å². The SMILES string of the molecule is COc1ccc(CC(C)C2CC2C(=O)O)cc1C(C)(C)C. The van der Waals surface area contributed by atoms with Crippen LogP contribution in [0.25, 0.3) is 0 Å². The molecule has 0 saturated heterocycles. The summed E-state index contributed by atoms with van der Waals surface area (Å²) in [5.74, 6) is 0.904. The number of ether oxygens (including phenoxy) is 1. The molecule has 0 radical (unpaired) electrons. The molecule has 0 heterocycles. The van der Waals surface area contributed by atoms with Gasteiger partial charge >= 0.3 is 5.97 Å². The zero-order chi connectivity index (χ0) is 15.8. The highest BCUT2D eigenvalue weighted by Crippen LogP contribution is 2.45. The van der Waals surface area contributed by atoms with Crippen molar-refractivity contribution < 1.29 is 14.6 Å². The van der Waals surface area contributed by atoms with Gasteiger partial charge in [0, 0.05) is 0 Å². The van der Waals surface area contributed by atoms with Crippen molar-refractivity contribution in [2.45, 2.75) is 46.0 Å². The highest BCUT2D eigenvalue weighted by Gasteiger charge is 2.46. The normalized spacial score (nSPS) is 22.7. The first-order valence-electron chi connectivity index (χ1n) is 7.64. The average molecular weight is 290 g/mol. The quantitative estimate of drug-likeness (QED) is 0.894. The zero-order valence-corrected chi connectivity index (χ0v) is 13.6. The summed E-state index contributed by atoms with van der Waals surface area (Å²) < 4.78 is 5.46. The summed E-state index contributed by atoms with van der Waals surface area (Å²) in [5, 5.41) is 9.04. The van der Waals surface area contributed by atoms with Crippen molar-refractivity contribution in [1.82, 2.24) is 0 Å². The van der Waals surface area contributed by atoms with Crippen molar-refractivity contribution in [3.05, 3.63) is 29.3 Å². The minimum atomic E-state index is -0.642. The lowest BCUT2D eigenvalue weighted by Gasteiger charge is -2.23. The Kier molecular flexibility index (Phi) is 4.31. The molecule has 0 spiro atoms. The van der Waals surface area contributed by atoms with Gasteiger partial charge in [0.1, 0.15) is 5.75 Å². The predicted molar refractivity (Wildman–Crippen MR) is 83.8 cm³/mol. The van der Waals surface area contributed by atoms with Gasteiger partial charge in [0.25, 0.3) is 0 Å². The molecule has 0 bridgehead atoms. The summed E-state index contributed by atoms with van der Waals surface area (Å²) in [4.78, 5) is 11.0. The first-order chi connectivity index (χ1) is 9.74. The van der Waals surface area contributed by atoms with Gasteiger partial charge in [0.05, 0.1) is 13.0 Å². The van der Waals surface area contributed by atoms with Gasteiger partial charge in [0.2, 0.25) is 0 Å². The number of benzene rings is 1. The van der Waals surface area contributed by atoms with E-state index in [1.165, 1.54) is 11.1 Å². The molecule has 1 fully saturated rings. The van der Waals surface area contributed by atoms with Crippen LogP contribution in [0, 0.1) is 17.8 Å². The Labute approximate surface area is 127 Å². The molecule has 1 aliphatic carbocycles. The van der Waals surface area contributed by atoms with E-state index in [1.54, 1.807) is 7.11 Å². The lowest BCUT2D eigenvalue weighted by atomic mass is 9.84. The van der Waals surface area contributed by atoms with Crippen LogP contribution in [-0.2, 0) is 16.6 Å². The van der Waals surface area contributed by atoms with E-state index >= 15 is 0 Å². The largest absolute Gasteiger partial charge is 0.496 e. The molecule has 3 atom stereocenters. The van der Waals surface area contributed by atoms with Crippen LogP contribution in [0.4, 0.5) is 0 Å². The van der Waals surface area contributed by atoms with E-state index in [-0.39, 0.29) is 11.3 Å². The van der Waals surface area contributed by atoms with Crippen LogP contribution in [0.15, 0.2) is 18.2 Å². The van der Waals surface area contributed by atoms with Crippen LogP contribution in [-0.4, -0.2) is 18.2 Å². The van der Waals surface area contributed by atoms with Crippen LogP contribution < -0.4 is 4.74 Å². The fourth-order valence-corrected chi connectivity index (χ4v) is 3.12. The first kappa shape index (κ1) is 15.9. The lowest BCUT2D eigenvalue weighted by Crippen LogP contribution is -2.14. The van der Waals surface area contributed by atoms with Gasteiger partial charge in [-0.1, -0.05) is 39.8 Å². The Morgan fingerprint density at radius 2 is 2.10 bits per heavy atom. The molecule has 1 aliphatic rings. The van der Waals surface area contributed by atoms with E-state index in [0.29, 0.717) is 11.8 Å². The second kappa shape index (κ2) is 5.70. The van der Waals surface area contributed by atoms with Gasteiger partial charge in [-0.05, 0) is 47.3 Å². The fourth-order valence-electron chi connectivity index (χ4n) is 3.12. The van der Waals surface area contributed by atoms with E-state index in [0.717, 1.165) is 18.6 Å². The third-order valence-corrected chi connectivity index (χ3v) is 4.52. The highest BCUT2D eigenvalue weighted by molar-refractivity contribution is 5.73. The van der Waals surface area contributed by atoms with Crippen LogP contribution in [0.3, 0.4) is 0 Å². The summed E-state index contributed by atoms with van der Waals surface area (Å²) >= 11 is 0. The van der Waals surface area contributed by atoms with Crippen LogP contribution in [0.1, 0.15) is 45.2 Å². The Hall–Kier alpha value is -1.51. The molecule has 1 aromatic rings. The number of carboxylic acids is 1. The summed E-state index contributed by atoms with van der Waals surface area (Å²) in [7, 11) is 1.70. The van der Waals surface area contributed by atoms with E-state index in [2.05, 4.69) is 39.8 Å². The maximum atomic E-state index is 11.0. The van der Waals surface area contributed by atoms with Gasteiger partial charge in [-0.2, -0.15) is 0 Å². The average Bonchev–Trinajstić information content (AvgIpc) is 3.18. The Morgan fingerprint density at radius 1 is 1.43 bits per heavy atom. The predicted octanol–water partition coefficient (Wildman–Crippen LogP) is 3.89. The fraction of sp³-hybridized carbons (Fsp3) is 0.611. The van der Waals surface area contributed by atoms with Crippen molar-refractivity contribution in [3.8, 4) is 5.75 Å². The maximum Gasteiger partial charge on any atom is 0.306 e. The third kappa shape index (κ3) is 3.58. The van der Waals surface area contributed by atoms with E-state index in [9.17, 15) is 4.79 Å². The van der Waals surface area contributed by atoms with Gasteiger partial charge in [-0.25, -0.2) is 0 Å². The molecule has 3 unspecified atom stereocenters. The number of aliphatic carboxylic acids is 1. The smallest absolute Gasteiger partial charge is 0.306 e. The minimum Gasteiger partial charge on any atom is -0.496 e. The van der Waals surface area contributed by atoms with Gasteiger partial charge in [0.15, 0.2) is 0 Å². The summed E-state index contributed by atoms with van der Waals surface area (Å²) in [6, 6.07) is 6.35. The van der Waals surface area contributed by atoms with Crippen molar-refractivity contribution in [3.63, 3.8) is 0 Å². The summed E-state index contributed by atoms with van der Waals surface area (Å²) in [6.45, 7) is 8.70. The Morgan fingerprint density at radius 3 is 2.57 bits per heavy atom. The molecule has 1 aromatic carbocycles. The van der Waals surface area contributed by atoms with Crippen molar-refractivity contribution in [2.24, 2.45) is 17.8 Å². The van der Waals surface area contributed by atoms with Crippen LogP contribution >= 0.6 is 0 Å². The summed E-state index contributed by atoms with van der Waals surface area (Å²) in [6.07, 6.45) is 1.76. The van der Waals surface area contributed by atoms with E-state index in [4.69, 9.17) is 9.84 Å². The Balaban J connectivity index is 2.13. The lowest BCUT2D eigenvalue weighted by molar-refractivity contribution is -0.139. The molecule has 1 N–H and O–H groups in total. The second-order valence-electron chi connectivity index (χ2n) is 7.31. The topological polar surface area (TPSA) is 46.5 Å². The van der Waals surface area contributed by atoms with Crippen molar-refractivity contribution >= 4 is 5.97 Å². The number of hydrogen-bond acceptors (Lipinski definition) is 2. The summed E-state index contributed by atoms with van der Waals surface area (Å²) in [5.41, 5.74) is 2.51. The molecule has 3 heteroatoms. The van der Waals surface area contributed by atoms with E-state index in [1.807, 2.05) is 6.07 Å². The minimum absolute atomic E-state index is 0.0355. The monoisotopic (exact) mass is 290 g/mol. The third-order valence-electron chi connectivity index (χ3n) is 4.52.